The number of hydrogen-bond acceptors (Lipinski definition) is 3. The Labute approximate surface area is 113 Å². The van der Waals surface area contributed by atoms with Crippen LogP contribution in [0.1, 0.15) is 10.4 Å². The second-order valence-corrected chi connectivity index (χ2v) is 4.91. The van der Waals surface area contributed by atoms with E-state index in [9.17, 15) is 9.59 Å². The molecule has 1 saturated heterocycles. The summed E-state index contributed by atoms with van der Waals surface area (Å²) in [4.78, 5) is 25.5. The molecule has 1 unspecified atom stereocenters. The number of aromatic nitrogens is 1. The van der Waals surface area contributed by atoms with E-state index >= 15 is 0 Å². The minimum absolute atomic E-state index is 0.0224. The standard InChI is InChI=1S/C12H15BrN2O3/c1-14-3-2-9(6-11(14)16)12(17)15-4-5-18-10(7-13)8-15/h2-3,6,10H,4-5,7-8H2,1H3. The average molecular weight is 315 g/mol. The molecule has 1 aromatic rings. The summed E-state index contributed by atoms with van der Waals surface area (Å²) in [5.41, 5.74) is 0.263. The van der Waals surface area contributed by atoms with E-state index < -0.39 is 0 Å². The topological polar surface area (TPSA) is 51.5 Å². The number of pyridine rings is 1. The molecule has 1 fully saturated rings. The molecule has 6 heteroatoms. The van der Waals surface area contributed by atoms with Gasteiger partial charge in [0.25, 0.3) is 11.5 Å². The lowest BCUT2D eigenvalue weighted by atomic mass is 10.2. The minimum atomic E-state index is -0.175. The van der Waals surface area contributed by atoms with Crippen molar-refractivity contribution in [3.8, 4) is 0 Å². The van der Waals surface area contributed by atoms with Crippen molar-refractivity contribution in [3.63, 3.8) is 0 Å². The maximum atomic E-state index is 12.2. The Morgan fingerprint density at radius 1 is 1.61 bits per heavy atom. The highest BCUT2D eigenvalue weighted by atomic mass is 79.9. The molecular weight excluding hydrogens is 300 g/mol. The molecule has 0 N–H and O–H groups in total. The Morgan fingerprint density at radius 2 is 2.39 bits per heavy atom. The van der Waals surface area contributed by atoms with Gasteiger partial charge in [-0.3, -0.25) is 9.59 Å². The van der Waals surface area contributed by atoms with Crippen molar-refractivity contribution in [2.75, 3.05) is 25.0 Å². The first-order valence-electron chi connectivity index (χ1n) is 5.75. The van der Waals surface area contributed by atoms with Crippen LogP contribution in [0.4, 0.5) is 0 Å². The number of aryl methyl sites for hydroxylation is 1. The van der Waals surface area contributed by atoms with Gasteiger partial charge in [0.2, 0.25) is 0 Å². The summed E-state index contributed by atoms with van der Waals surface area (Å²) in [7, 11) is 1.66. The van der Waals surface area contributed by atoms with Gasteiger partial charge in [0.15, 0.2) is 0 Å². The van der Waals surface area contributed by atoms with Crippen molar-refractivity contribution in [3.05, 3.63) is 34.2 Å². The van der Waals surface area contributed by atoms with E-state index in [1.807, 2.05) is 0 Å². The lowest BCUT2D eigenvalue weighted by Crippen LogP contribution is -2.46. The predicted molar refractivity (Wildman–Crippen MR) is 71.1 cm³/mol. The van der Waals surface area contributed by atoms with Crippen LogP contribution in [-0.4, -0.2) is 46.5 Å². The van der Waals surface area contributed by atoms with E-state index in [1.54, 1.807) is 24.2 Å². The number of hydrogen-bond donors (Lipinski definition) is 0. The van der Waals surface area contributed by atoms with Gasteiger partial charge in [0, 0.05) is 43.3 Å². The van der Waals surface area contributed by atoms with E-state index in [0.29, 0.717) is 30.6 Å². The van der Waals surface area contributed by atoms with E-state index in [-0.39, 0.29) is 17.6 Å². The molecule has 0 saturated carbocycles. The van der Waals surface area contributed by atoms with Gasteiger partial charge in [-0.1, -0.05) is 15.9 Å². The summed E-state index contributed by atoms with van der Waals surface area (Å²) >= 11 is 3.35. The zero-order valence-electron chi connectivity index (χ0n) is 10.1. The number of carbonyl (C=O) groups is 1. The fourth-order valence-corrected chi connectivity index (χ4v) is 2.25. The molecule has 18 heavy (non-hydrogen) atoms. The molecular formula is C12H15BrN2O3. The maximum absolute atomic E-state index is 12.2. The monoisotopic (exact) mass is 314 g/mol. The highest BCUT2D eigenvalue weighted by Crippen LogP contribution is 2.11. The van der Waals surface area contributed by atoms with Crippen LogP contribution in [0.25, 0.3) is 0 Å². The molecule has 1 aliphatic heterocycles. The van der Waals surface area contributed by atoms with Crippen LogP contribution in [0.3, 0.4) is 0 Å². The third-order valence-corrected chi connectivity index (χ3v) is 3.67. The smallest absolute Gasteiger partial charge is 0.254 e. The average Bonchev–Trinajstić information content (AvgIpc) is 2.41. The number of ether oxygens (including phenoxy) is 1. The van der Waals surface area contributed by atoms with Crippen molar-refractivity contribution >= 4 is 21.8 Å². The van der Waals surface area contributed by atoms with E-state index in [4.69, 9.17) is 4.74 Å². The van der Waals surface area contributed by atoms with Gasteiger partial charge >= 0.3 is 0 Å². The van der Waals surface area contributed by atoms with Crippen LogP contribution in [0.5, 0.6) is 0 Å². The van der Waals surface area contributed by atoms with Gasteiger partial charge in [-0.2, -0.15) is 0 Å². The summed E-state index contributed by atoms with van der Waals surface area (Å²) in [5, 5.41) is 0.702. The van der Waals surface area contributed by atoms with Gasteiger partial charge in [-0.05, 0) is 6.07 Å². The number of carbonyl (C=O) groups excluding carboxylic acids is 1. The van der Waals surface area contributed by atoms with Crippen molar-refractivity contribution in [1.29, 1.82) is 0 Å². The Bertz CT molecular complexity index is 500. The van der Waals surface area contributed by atoms with Crippen LogP contribution in [0.15, 0.2) is 23.1 Å². The number of alkyl halides is 1. The largest absolute Gasteiger partial charge is 0.374 e. The van der Waals surface area contributed by atoms with Gasteiger partial charge < -0.3 is 14.2 Å². The Kier molecular flexibility index (Phi) is 4.19. The summed E-state index contributed by atoms with van der Waals surface area (Å²) < 4.78 is 6.92. The van der Waals surface area contributed by atoms with Crippen LogP contribution in [-0.2, 0) is 11.8 Å². The lowest BCUT2D eigenvalue weighted by Gasteiger charge is -2.32. The molecule has 2 heterocycles. The fourth-order valence-electron chi connectivity index (χ4n) is 1.86. The summed E-state index contributed by atoms with van der Waals surface area (Å²) in [6.45, 7) is 1.66. The Balaban J connectivity index is 2.15. The molecule has 0 aliphatic carbocycles. The number of morpholine rings is 1. The summed E-state index contributed by atoms with van der Waals surface area (Å²) in [5.74, 6) is -0.109. The van der Waals surface area contributed by atoms with Gasteiger partial charge in [0.1, 0.15) is 0 Å². The van der Waals surface area contributed by atoms with Crippen LogP contribution in [0.2, 0.25) is 0 Å². The quantitative estimate of drug-likeness (QED) is 0.752. The number of amides is 1. The third-order valence-electron chi connectivity index (χ3n) is 2.95. The molecule has 1 atom stereocenters. The number of halogens is 1. The molecule has 5 nitrogen and oxygen atoms in total. The van der Waals surface area contributed by atoms with Gasteiger partial charge in [0.05, 0.1) is 12.7 Å². The van der Waals surface area contributed by atoms with Crippen LogP contribution in [0, 0.1) is 0 Å². The van der Waals surface area contributed by atoms with Gasteiger partial charge in [-0.25, -0.2) is 0 Å². The summed E-state index contributed by atoms with van der Waals surface area (Å²) in [6, 6.07) is 3.04. The van der Waals surface area contributed by atoms with E-state index in [0.717, 1.165) is 0 Å². The Morgan fingerprint density at radius 3 is 3.06 bits per heavy atom. The van der Waals surface area contributed by atoms with Crippen molar-refractivity contribution in [2.45, 2.75) is 6.10 Å². The predicted octanol–water partition coefficient (Wildman–Crippen LogP) is 0.621. The van der Waals surface area contributed by atoms with Crippen LogP contribution < -0.4 is 5.56 Å². The molecule has 1 aromatic heterocycles. The van der Waals surface area contributed by atoms with Crippen molar-refractivity contribution < 1.29 is 9.53 Å². The van der Waals surface area contributed by atoms with Crippen molar-refractivity contribution in [2.24, 2.45) is 7.05 Å². The zero-order chi connectivity index (χ0) is 13.1. The zero-order valence-corrected chi connectivity index (χ0v) is 11.7. The molecule has 98 valence electrons. The van der Waals surface area contributed by atoms with Gasteiger partial charge in [-0.15, -0.1) is 0 Å². The van der Waals surface area contributed by atoms with Crippen molar-refractivity contribution in [1.82, 2.24) is 9.47 Å². The SMILES string of the molecule is Cn1ccc(C(=O)N2CCOC(CBr)C2)cc1=O. The highest BCUT2D eigenvalue weighted by Gasteiger charge is 2.24. The minimum Gasteiger partial charge on any atom is -0.374 e. The van der Waals surface area contributed by atoms with Crippen LogP contribution >= 0.6 is 15.9 Å². The summed E-state index contributed by atoms with van der Waals surface area (Å²) in [6.07, 6.45) is 1.63. The number of nitrogens with zero attached hydrogens (tertiary/aromatic N) is 2. The number of rotatable bonds is 2. The lowest BCUT2D eigenvalue weighted by molar-refractivity contribution is -0.00966. The fraction of sp³-hybridized carbons (Fsp3) is 0.500. The first-order valence-corrected chi connectivity index (χ1v) is 6.87. The molecule has 1 aliphatic rings. The normalized spacial score (nSPS) is 19.9. The molecule has 0 radical (unpaired) electrons. The maximum Gasteiger partial charge on any atom is 0.254 e. The molecule has 1 amide bonds. The molecule has 0 spiro atoms. The molecule has 0 aromatic carbocycles. The second-order valence-electron chi connectivity index (χ2n) is 4.26. The first kappa shape index (κ1) is 13.3. The molecule has 0 bridgehead atoms. The highest BCUT2D eigenvalue weighted by molar-refractivity contribution is 9.09. The Hall–Kier alpha value is -1.14. The van der Waals surface area contributed by atoms with E-state index in [2.05, 4.69) is 15.9 Å². The van der Waals surface area contributed by atoms with E-state index in [1.165, 1.54) is 10.6 Å². The third kappa shape index (κ3) is 2.81. The second kappa shape index (κ2) is 5.67. The molecule has 2 rings (SSSR count). The first-order chi connectivity index (χ1) is 8.61.